The molecule has 0 bridgehead atoms. The first-order chi connectivity index (χ1) is 7.13. The lowest BCUT2D eigenvalue weighted by Crippen LogP contribution is -2.07. The summed E-state index contributed by atoms with van der Waals surface area (Å²) < 4.78 is 4.61. The van der Waals surface area contributed by atoms with Crippen molar-refractivity contribution in [3.8, 4) is 6.07 Å². The molecule has 0 saturated heterocycles. The first-order valence-corrected chi connectivity index (χ1v) is 4.46. The van der Waals surface area contributed by atoms with Crippen LogP contribution in [-0.4, -0.2) is 13.1 Å². The number of methoxy groups -OCH3 is 1. The highest BCUT2D eigenvalue weighted by molar-refractivity contribution is 5.91. The molecule has 0 aliphatic rings. The average molecular weight is 204 g/mol. The number of carbonyl (C=O) groups excluding carboxylic acids is 1. The first-order valence-electron chi connectivity index (χ1n) is 4.46. The summed E-state index contributed by atoms with van der Waals surface area (Å²) in [5.74, 6) is -0.437. The Hall–Kier alpha value is -1.86. The maximum absolute atomic E-state index is 11.3. The number of aryl methyl sites for hydroxylation is 1. The van der Waals surface area contributed by atoms with Crippen LogP contribution in [-0.2, 0) is 11.3 Å². The molecule has 1 aromatic rings. The lowest BCUT2D eigenvalue weighted by molar-refractivity contribution is 0.0600. The Morgan fingerprint density at radius 2 is 2.27 bits per heavy atom. The minimum Gasteiger partial charge on any atom is -0.465 e. The molecule has 0 unspecified atom stereocenters. The smallest absolute Gasteiger partial charge is 0.338 e. The van der Waals surface area contributed by atoms with E-state index in [0.717, 1.165) is 11.1 Å². The van der Waals surface area contributed by atoms with Crippen LogP contribution in [0.5, 0.6) is 0 Å². The second kappa shape index (κ2) is 4.58. The van der Waals surface area contributed by atoms with E-state index in [-0.39, 0.29) is 6.54 Å². The van der Waals surface area contributed by atoms with Crippen LogP contribution >= 0.6 is 0 Å². The number of nitrogens with two attached hydrogens (primary N) is 1. The number of benzene rings is 1. The Labute approximate surface area is 88.3 Å². The summed E-state index contributed by atoms with van der Waals surface area (Å²) in [6.45, 7) is 2.07. The van der Waals surface area contributed by atoms with Crippen LogP contribution < -0.4 is 5.73 Å². The van der Waals surface area contributed by atoms with E-state index in [9.17, 15) is 4.79 Å². The standard InChI is InChI=1S/C11H12N2O2/c1-7-3-8(5-12)9(6-13)4-10(7)11(14)15-2/h3-4H,5,12H2,1-2H3. The van der Waals surface area contributed by atoms with E-state index in [1.165, 1.54) is 13.2 Å². The molecular weight excluding hydrogens is 192 g/mol. The van der Waals surface area contributed by atoms with Gasteiger partial charge in [0, 0.05) is 6.54 Å². The monoisotopic (exact) mass is 204 g/mol. The molecule has 4 heteroatoms. The average Bonchev–Trinajstić information content (AvgIpc) is 2.27. The Morgan fingerprint density at radius 1 is 1.60 bits per heavy atom. The molecule has 0 aliphatic carbocycles. The number of hydrogen-bond donors (Lipinski definition) is 1. The molecule has 0 aliphatic heterocycles. The number of hydrogen-bond acceptors (Lipinski definition) is 4. The zero-order valence-corrected chi connectivity index (χ0v) is 8.70. The van der Waals surface area contributed by atoms with Gasteiger partial charge in [0.05, 0.1) is 24.3 Å². The summed E-state index contributed by atoms with van der Waals surface area (Å²) in [5.41, 5.74) is 7.82. The second-order valence-corrected chi connectivity index (χ2v) is 3.13. The minimum absolute atomic E-state index is 0.283. The zero-order valence-electron chi connectivity index (χ0n) is 8.70. The van der Waals surface area contributed by atoms with Crippen LogP contribution in [0.2, 0.25) is 0 Å². The number of carbonyl (C=O) groups is 1. The van der Waals surface area contributed by atoms with Crippen molar-refractivity contribution in [2.75, 3.05) is 7.11 Å². The Bertz CT molecular complexity index is 433. The normalized spacial score (nSPS) is 9.47. The molecule has 2 N–H and O–H groups in total. The van der Waals surface area contributed by atoms with Crippen LogP contribution in [0.3, 0.4) is 0 Å². The molecule has 1 rings (SSSR count). The van der Waals surface area contributed by atoms with Crippen molar-refractivity contribution in [3.63, 3.8) is 0 Å². The fourth-order valence-corrected chi connectivity index (χ4v) is 1.37. The summed E-state index contributed by atoms with van der Waals surface area (Å²) in [6.07, 6.45) is 0. The van der Waals surface area contributed by atoms with Crippen LogP contribution in [0.1, 0.15) is 27.0 Å². The van der Waals surface area contributed by atoms with Gasteiger partial charge >= 0.3 is 5.97 Å². The fraction of sp³-hybridized carbons (Fsp3) is 0.273. The molecule has 0 aromatic heterocycles. The third-order valence-electron chi connectivity index (χ3n) is 2.20. The van der Waals surface area contributed by atoms with Crippen LogP contribution in [0.25, 0.3) is 0 Å². The molecule has 0 heterocycles. The first kappa shape index (κ1) is 11.2. The summed E-state index contributed by atoms with van der Waals surface area (Å²) in [5, 5.41) is 8.86. The SMILES string of the molecule is COC(=O)c1cc(C#N)c(CN)cc1C. The molecule has 4 nitrogen and oxygen atoms in total. The van der Waals surface area contributed by atoms with Crippen molar-refractivity contribution in [1.29, 1.82) is 5.26 Å². The lowest BCUT2D eigenvalue weighted by Gasteiger charge is -2.07. The summed E-state index contributed by atoms with van der Waals surface area (Å²) >= 11 is 0. The predicted octanol–water partition coefficient (Wildman–Crippen LogP) is 1.11. The zero-order chi connectivity index (χ0) is 11.4. The Kier molecular flexibility index (Phi) is 3.42. The molecule has 0 atom stereocenters. The fourth-order valence-electron chi connectivity index (χ4n) is 1.37. The Balaban J connectivity index is 3.33. The number of rotatable bonds is 2. The van der Waals surface area contributed by atoms with E-state index in [0.29, 0.717) is 11.1 Å². The number of ether oxygens (including phenoxy) is 1. The predicted molar refractivity (Wildman–Crippen MR) is 55.1 cm³/mol. The molecule has 0 radical (unpaired) electrons. The van der Waals surface area contributed by atoms with E-state index in [1.54, 1.807) is 13.0 Å². The number of esters is 1. The maximum atomic E-state index is 11.3. The van der Waals surface area contributed by atoms with Gasteiger partial charge in [0.25, 0.3) is 0 Å². The summed E-state index contributed by atoms with van der Waals surface area (Å²) in [7, 11) is 1.31. The van der Waals surface area contributed by atoms with Gasteiger partial charge in [-0.2, -0.15) is 5.26 Å². The van der Waals surface area contributed by atoms with Crippen molar-refractivity contribution in [3.05, 3.63) is 34.4 Å². The second-order valence-electron chi connectivity index (χ2n) is 3.13. The van der Waals surface area contributed by atoms with Gasteiger partial charge in [0.15, 0.2) is 0 Å². The van der Waals surface area contributed by atoms with E-state index < -0.39 is 5.97 Å². The largest absolute Gasteiger partial charge is 0.465 e. The van der Waals surface area contributed by atoms with Crippen molar-refractivity contribution in [1.82, 2.24) is 0 Å². The van der Waals surface area contributed by atoms with Crippen LogP contribution in [0, 0.1) is 18.3 Å². The van der Waals surface area contributed by atoms with Crippen LogP contribution in [0.15, 0.2) is 12.1 Å². The van der Waals surface area contributed by atoms with E-state index in [4.69, 9.17) is 11.0 Å². The van der Waals surface area contributed by atoms with Gasteiger partial charge < -0.3 is 10.5 Å². The van der Waals surface area contributed by atoms with Crippen molar-refractivity contribution < 1.29 is 9.53 Å². The quantitative estimate of drug-likeness (QED) is 0.732. The summed E-state index contributed by atoms with van der Waals surface area (Å²) in [6, 6.07) is 5.26. The van der Waals surface area contributed by atoms with Gasteiger partial charge in [-0.05, 0) is 24.1 Å². The van der Waals surface area contributed by atoms with Gasteiger partial charge in [0.1, 0.15) is 0 Å². The van der Waals surface area contributed by atoms with E-state index in [2.05, 4.69) is 4.74 Å². The highest BCUT2D eigenvalue weighted by Gasteiger charge is 2.12. The molecule has 1 aromatic carbocycles. The van der Waals surface area contributed by atoms with Gasteiger partial charge in [-0.25, -0.2) is 4.79 Å². The third-order valence-corrected chi connectivity index (χ3v) is 2.20. The van der Waals surface area contributed by atoms with Gasteiger partial charge in [0.2, 0.25) is 0 Å². The van der Waals surface area contributed by atoms with E-state index >= 15 is 0 Å². The van der Waals surface area contributed by atoms with Crippen molar-refractivity contribution >= 4 is 5.97 Å². The van der Waals surface area contributed by atoms with E-state index in [1.807, 2.05) is 6.07 Å². The van der Waals surface area contributed by atoms with Gasteiger partial charge in [-0.15, -0.1) is 0 Å². The highest BCUT2D eigenvalue weighted by atomic mass is 16.5. The van der Waals surface area contributed by atoms with Gasteiger partial charge in [-0.3, -0.25) is 0 Å². The molecule has 15 heavy (non-hydrogen) atoms. The summed E-state index contributed by atoms with van der Waals surface area (Å²) in [4.78, 5) is 11.3. The topological polar surface area (TPSA) is 76.1 Å². The third kappa shape index (κ3) is 2.14. The molecule has 0 amide bonds. The minimum atomic E-state index is -0.437. The maximum Gasteiger partial charge on any atom is 0.338 e. The van der Waals surface area contributed by atoms with Crippen LogP contribution in [0.4, 0.5) is 0 Å². The number of nitrogens with zero attached hydrogens (tertiary/aromatic N) is 1. The van der Waals surface area contributed by atoms with Crippen molar-refractivity contribution in [2.45, 2.75) is 13.5 Å². The molecule has 0 saturated carbocycles. The molecule has 78 valence electrons. The highest BCUT2D eigenvalue weighted by Crippen LogP contribution is 2.16. The Morgan fingerprint density at radius 3 is 2.73 bits per heavy atom. The number of nitriles is 1. The molecule has 0 fully saturated rings. The van der Waals surface area contributed by atoms with Crippen molar-refractivity contribution in [2.24, 2.45) is 5.73 Å². The van der Waals surface area contributed by atoms with Gasteiger partial charge in [-0.1, -0.05) is 6.07 Å². The lowest BCUT2D eigenvalue weighted by atomic mass is 10.00. The molecular formula is C11H12N2O2. The molecule has 0 spiro atoms.